The van der Waals surface area contributed by atoms with Crippen LogP contribution in [-0.2, 0) is 32.1 Å². The van der Waals surface area contributed by atoms with E-state index in [9.17, 15) is 24.0 Å². The molecule has 3 aliphatic rings. The number of nitrogens with zero attached hydrogens (tertiary/aromatic N) is 4. The molecule has 362 valence electrons. The highest BCUT2D eigenvalue weighted by atomic mass is 32.1. The third-order valence-corrected chi connectivity index (χ3v) is 15.0. The second-order valence-electron chi connectivity index (χ2n) is 18.9. The van der Waals surface area contributed by atoms with Crippen molar-refractivity contribution < 1.29 is 33.5 Å². The van der Waals surface area contributed by atoms with Crippen molar-refractivity contribution in [3.63, 3.8) is 0 Å². The molecule has 3 saturated heterocycles. The van der Waals surface area contributed by atoms with E-state index in [0.29, 0.717) is 42.9 Å². The minimum absolute atomic E-state index is 0.152. The number of likely N-dealkylation sites (N-methyl/N-ethyl adjacent to an activating group) is 1. The zero-order chi connectivity index (χ0) is 48.3. The summed E-state index contributed by atoms with van der Waals surface area (Å²) in [4.78, 5) is 94.7. The molecule has 5 amide bonds. The molecule has 0 radical (unpaired) electrons. The van der Waals surface area contributed by atoms with E-state index in [1.165, 1.54) is 11.3 Å². The van der Waals surface area contributed by atoms with Crippen molar-refractivity contribution in [2.24, 2.45) is 11.8 Å². The summed E-state index contributed by atoms with van der Waals surface area (Å²) in [5.41, 5.74) is 2.60. The Morgan fingerprint density at radius 2 is 1.44 bits per heavy atom. The van der Waals surface area contributed by atoms with Crippen LogP contribution in [0, 0.1) is 11.8 Å². The van der Waals surface area contributed by atoms with Gasteiger partial charge in [0.05, 0.1) is 41.2 Å². The highest BCUT2D eigenvalue weighted by Gasteiger charge is 2.46. The average molecular weight is 946 g/mol. The molecule has 8 atom stereocenters. The van der Waals surface area contributed by atoms with Gasteiger partial charge in [-0.2, -0.15) is 0 Å². The van der Waals surface area contributed by atoms with Gasteiger partial charge in [0.15, 0.2) is 0 Å². The van der Waals surface area contributed by atoms with Crippen molar-refractivity contribution in [2.45, 2.75) is 128 Å². The molecular formula is C53H67N7O7S. The summed E-state index contributed by atoms with van der Waals surface area (Å²) < 4.78 is 5.65. The van der Waals surface area contributed by atoms with E-state index in [4.69, 9.17) is 9.72 Å². The van der Waals surface area contributed by atoms with Crippen LogP contribution in [0.3, 0.4) is 0 Å². The Morgan fingerprint density at radius 3 is 2.10 bits per heavy atom. The van der Waals surface area contributed by atoms with E-state index in [2.05, 4.69) is 16.0 Å². The van der Waals surface area contributed by atoms with Crippen LogP contribution in [0.15, 0.2) is 90.3 Å². The van der Waals surface area contributed by atoms with Gasteiger partial charge in [-0.3, -0.25) is 33.7 Å². The van der Waals surface area contributed by atoms with Crippen LogP contribution >= 0.6 is 11.3 Å². The Morgan fingerprint density at radius 1 is 0.809 bits per heavy atom. The second-order valence-corrected chi connectivity index (χ2v) is 19.8. The van der Waals surface area contributed by atoms with Gasteiger partial charge < -0.3 is 30.5 Å². The van der Waals surface area contributed by atoms with E-state index in [0.717, 1.165) is 49.8 Å². The number of hydrogen-bond donors (Lipinski definition) is 3. The van der Waals surface area contributed by atoms with E-state index >= 15 is 4.79 Å². The van der Waals surface area contributed by atoms with Crippen LogP contribution in [-0.4, -0.2) is 112 Å². The highest BCUT2D eigenvalue weighted by Crippen LogP contribution is 2.40. The molecule has 14 nitrogen and oxygen atoms in total. The number of piperidine rings is 1. The van der Waals surface area contributed by atoms with Crippen molar-refractivity contribution >= 4 is 46.8 Å². The number of aromatic nitrogens is 1. The van der Waals surface area contributed by atoms with Crippen LogP contribution in [0.4, 0.5) is 0 Å². The largest absolute Gasteiger partial charge is 0.461 e. The number of nitrogens with one attached hydrogen (secondary N) is 3. The number of esters is 1. The molecule has 3 fully saturated rings. The molecule has 0 aliphatic carbocycles. The normalized spacial score (nSPS) is 21.3. The van der Waals surface area contributed by atoms with Crippen LogP contribution in [0.25, 0.3) is 0 Å². The Kier molecular flexibility index (Phi) is 17.2. The van der Waals surface area contributed by atoms with Gasteiger partial charge in [-0.25, -0.2) is 4.98 Å². The predicted octanol–water partition coefficient (Wildman–Crippen LogP) is 6.97. The van der Waals surface area contributed by atoms with Gasteiger partial charge in [0.2, 0.25) is 11.8 Å². The molecule has 0 bridgehead atoms. The van der Waals surface area contributed by atoms with E-state index in [1.54, 1.807) is 46.4 Å². The minimum atomic E-state index is -0.801. The number of likely N-dealkylation sites (tertiary alicyclic amines) is 3. The van der Waals surface area contributed by atoms with Gasteiger partial charge >= 0.3 is 5.97 Å². The summed E-state index contributed by atoms with van der Waals surface area (Å²) in [7, 11) is 1.94. The lowest BCUT2D eigenvalue weighted by Crippen LogP contribution is -2.58. The fraction of sp³-hybridized carbons (Fsp3) is 0.491. The maximum atomic E-state index is 15.0. The topological polar surface area (TPSA) is 170 Å². The maximum Gasteiger partial charge on any atom is 0.309 e. The number of carbonyl (C=O) groups is 6. The number of hydrogen-bond acceptors (Lipinski definition) is 10. The number of carbonyl (C=O) groups excluding carboxylic acids is 6. The molecule has 0 saturated carbocycles. The van der Waals surface area contributed by atoms with Crippen LogP contribution in [0.1, 0.15) is 132 Å². The van der Waals surface area contributed by atoms with Crippen LogP contribution < -0.4 is 16.0 Å². The summed E-state index contributed by atoms with van der Waals surface area (Å²) >= 11 is 1.25. The van der Waals surface area contributed by atoms with Gasteiger partial charge in [0, 0.05) is 24.5 Å². The molecule has 3 aromatic carbocycles. The lowest BCUT2D eigenvalue weighted by molar-refractivity contribution is -0.149. The van der Waals surface area contributed by atoms with Gasteiger partial charge in [-0.1, -0.05) is 106 Å². The van der Waals surface area contributed by atoms with Crippen LogP contribution in [0.2, 0.25) is 0 Å². The highest BCUT2D eigenvalue weighted by molar-refractivity contribution is 7.10. The molecule has 1 aromatic heterocycles. The summed E-state index contributed by atoms with van der Waals surface area (Å²) in [6.07, 6.45) is 6.21. The van der Waals surface area contributed by atoms with Gasteiger partial charge in [-0.15, -0.1) is 11.3 Å². The fourth-order valence-electron chi connectivity index (χ4n) is 9.76. The Hall–Kier alpha value is -5.93. The second kappa shape index (κ2) is 23.4. The van der Waals surface area contributed by atoms with E-state index < -0.39 is 42.0 Å². The molecule has 7 rings (SSSR count). The van der Waals surface area contributed by atoms with Crippen molar-refractivity contribution in [1.29, 1.82) is 0 Å². The van der Waals surface area contributed by atoms with Gasteiger partial charge in [0.25, 0.3) is 17.7 Å². The minimum Gasteiger partial charge on any atom is -0.461 e. The zero-order valence-electron chi connectivity index (χ0n) is 40.0. The summed E-state index contributed by atoms with van der Waals surface area (Å²) in [6, 6.07) is 22.7. The monoisotopic (exact) mass is 945 g/mol. The number of thiazole rings is 1. The van der Waals surface area contributed by atoms with Crippen LogP contribution in [0.5, 0.6) is 0 Å². The Balaban J connectivity index is 1.13. The first-order chi connectivity index (χ1) is 32.8. The Labute approximate surface area is 404 Å². The molecular weight excluding hydrogens is 879 g/mol. The number of benzene rings is 3. The summed E-state index contributed by atoms with van der Waals surface area (Å²) in [5.74, 6) is -2.57. The van der Waals surface area contributed by atoms with E-state index in [-0.39, 0.29) is 65.8 Å². The number of rotatable bonds is 18. The smallest absolute Gasteiger partial charge is 0.309 e. The Bertz CT molecular complexity index is 2370. The molecule has 3 N–H and O–H groups in total. The molecule has 4 aromatic rings. The lowest BCUT2D eigenvalue weighted by atomic mass is 9.95. The first kappa shape index (κ1) is 50.0. The molecule has 4 heterocycles. The SMILES string of the molecule is CC[C@H](C)[C@H](NC(=O)[C@H]1CCCCN1C)C(=O)N[C@@H]1C[C@H](c2nc(C(=O)N[C@@H](Cc3ccccc3)C[C@H](C)C(=O)OCc3ccccc3)cs2)N(C(=O)c2ccccc2C(=O)N2CCCC2)C1C. The molecule has 15 heteroatoms. The molecule has 0 spiro atoms. The third-order valence-electron chi connectivity index (χ3n) is 14.0. The van der Waals surface area contributed by atoms with Gasteiger partial charge in [0.1, 0.15) is 23.4 Å². The molecule has 3 aliphatic heterocycles. The molecule has 68 heavy (non-hydrogen) atoms. The number of amides is 5. The van der Waals surface area contributed by atoms with Gasteiger partial charge in [-0.05, 0) is 94.6 Å². The summed E-state index contributed by atoms with van der Waals surface area (Å²) in [6.45, 7) is 9.82. The first-order valence-electron chi connectivity index (χ1n) is 24.4. The predicted molar refractivity (Wildman–Crippen MR) is 262 cm³/mol. The maximum absolute atomic E-state index is 15.0. The standard InChI is InChI=1S/C53H67N7O7S/c1-6-34(2)46(57-48(62)44-25-15-16-26-58(44)5)49(63)55-42-31-45(60(36(42)4)52(65)41-24-14-13-23-40(41)51(64)59-27-17-18-28-59)50-56-43(33-68-50)47(61)54-39(30-37-19-9-7-10-20-37)29-35(3)53(66)67-32-38-21-11-8-12-22-38/h7-14,19-24,33-36,39,42,44-46H,6,15-18,25-32H2,1-5H3,(H,54,61)(H,55,63)(H,57,62)/t34-,35-,36?,39+,42+,44+,45+,46-/m0/s1. The van der Waals surface area contributed by atoms with Crippen molar-refractivity contribution in [3.05, 3.63) is 123 Å². The summed E-state index contributed by atoms with van der Waals surface area (Å²) in [5, 5.41) is 11.6. The lowest BCUT2D eigenvalue weighted by Gasteiger charge is -2.34. The van der Waals surface area contributed by atoms with Crippen molar-refractivity contribution in [2.75, 3.05) is 26.7 Å². The first-order valence-corrected chi connectivity index (χ1v) is 25.2. The van der Waals surface area contributed by atoms with Crippen molar-refractivity contribution in [1.82, 2.24) is 35.6 Å². The third kappa shape index (κ3) is 12.2. The average Bonchev–Trinajstić information content (AvgIpc) is 4.14. The number of ether oxygens (including phenoxy) is 1. The quantitative estimate of drug-likeness (QED) is 0.0893. The molecule has 1 unspecified atom stereocenters. The van der Waals surface area contributed by atoms with Crippen molar-refractivity contribution in [3.8, 4) is 0 Å². The van der Waals surface area contributed by atoms with E-state index in [1.807, 2.05) is 93.4 Å². The fourth-order valence-corrected chi connectivity index (χ4v) is 10.7. The zero-order valence-corrected chi connectivity index (χ0v) is 40.8.